The lowest BCUT2D eigenvalue weighted by molar-refractivity contribution is -0.124. The second-order valence-corrected chi connectivity index (χ2v) is 6.25. The first kappa shape index (κ1) is 12.4. The van der Waals surface area contributed by atoms with Crippen LogP contribution in [-0.4, -0.2) is 44.0 Å². The van der Waals surface area contributed by atoms with Gasteiger partial charge in [-0.05, 0) is 6.42 Å². The van der Waals surface area contributed by atoms with Crippen LogP contribution in [0.2, 0.25) is 0 Å². The van der Waals surface area contributed by atoms with Crippen molar-refractivity contribution in [3.63, 3.8) is 0 Å². The van der Waals surface area contributed by atoms with Gasteiger partial charge in [-0.3, -0.25) is 4.79 Å². The highest BCUT2D eigenvalue weighted by molar-refractivity contribution is 7.88. The van der Waals surface area contributed by atoms with Crippen LogP contribution >= 0.6 is 0 Å². The second-order valence-electron chi connectivity index (χ2n) is 4.27. The number of carbonyl (C=O) groups is 1. The van der Waals surface area contributed by atoms with Crippen molar-refractivity contribution in [2.24, 2.45) is 5.92 Å². The molecule has 1 atom stereocenters. The zero-order chi connectivity index (χ0) is 11.6. The summed E-state index contributed by atoms with van der Waals surface area (Å²) in [5.41, 5.74) is 0. The van der Waals surface area contributed by atoms with Crippen molar-refractivity contribution in [2.45, 2.75) is 26.3 Å². The molecule has 1 rings (SSSR count). The van der Waals surface area contributed by atoms with Crippen LogP contribution in [0.4, 0.5) is 0 Å². The smallest absolute Gasteiger partial charge is 0.222 e. The van der Waals surface area contributed by atoms with E-state index in [1.807, 2.05) is 13.8 Å². The van der Waals surface area contributed by atoms with Crippen LogP contribution < -0.4 is 5.32 Å². The summed E-state index contributed by atoms with van der Waals surface area (Å²) in [4.78, 5) is 11.4. The first-order valence-electron chi connectivity index (χ1n) is 5.06. The highest BCUT2D eigenvalue weighted by atomic mass is 32.2. The normalized spacial score (nSPS) is 23.3. The average Bonchev–Trinajstić information content (AvgIpc) is 2.51. The van der Waals surface area contributed by atoms with Crippen molar-refractivity contribution in [2.75, 3.05) is 19.3 Å². The molecule has 0 aromatic carbocycles. The van der Waals surface area contributed by atoms with Crippen LogP contribution in [0.25, 0.3) is 0 Å². The SMILES string of the molecule is CC(C)C(=O)NC1CCN(S(C)(=O)=O)C1. The van der Waals surface area contributed by atoms with E-state index in [2.05, 4.69) is 5.32 Å². The predicted molar refractivity (Wildman–Crippen MR) is 57.8 cm³/mol. The highest BCUT2D eigenvalue weighted by Crippen LogP contribution is 2.12. The third-order valence-electron chi connectivity index (χ3n) is 2.49. The number of nitrogens with one attached hydrogen (secondary N) is 1. The number of carbonyl (C=O) groups excluding carboxylic acids is 1. The van der Waals surface area contributed by atoms with Crippen LogP contribution in [0.15, 0.2) is 0 Å². The predicted octanol–water partition coefficient (Wildman–Crippen LogP) is -0.207. The average molecular weight is 234 g/mol. The van der Waals surface area contributed by atoms with Crippen molar-refractivity contribution < 1.29 is 13.2 Å². The lowest BCUT2D eigenvalue weighted by Gasteiger charge is -2.15. The largest absolute Gasteiger partial charge is 0.352 e. The Balaban J connectivity index is 2.48. The summed E-state index contributed by atoms with van der Waals surface area (Å²) >= 11 is 0. The van der Waals surface area contributed by atoms with Crippen molar-refractivity contribution >= 4 is 15.9 Å². The Hall–Kier alpha value is -0.620. The summed E-state index contributed by atoms with van der Waals surface area (Å²) < 4.78 is 23.8. The zero-order valence-corrected chi connectivity index (χ0v) is 10.2. The van der Waals surface area contributed by atoms with Gasteiger partial charge in [0.15, 0.2) is 0 Å². The maximum atomic E-state index is 11.4. The number of hydrogen-bond acceptors (Lipinski definition) is 3. The molecule has 0 aliphatic carbocycles. The van der Waals surface area contributed by atoms with E-state index >= 15 is 0 Å². The van der Waals surface area contributed by atoms with Gasteiger partial charge in [-0.15, -0.1) is 0 Å². The summed E-state index contributed by atoms with van der Waals surface area (Å²) in [7, 11) is -3.11. The summed E-state index contributed by atoms with van der Waals surface area (Å²) in [6, 6.07) is -0.0328. The first-order chi connectivity index (χ1) is 6.80. The van der Waals surface area contributed by atoms with Gasteiger partial charge in [0.05, 0.1) is 6.26 Å². The molecule has 0 aromatic rings. The summed E-state index contributed by atoms with van der Waals surface area (Å²) in [5.74, 6) is -0.0763. The molecule has 0 spiro atoms. The van der Waals surface area contributed by atoms with Gasteiger partial charge in [-0.2, -0.15) is 0 Å². The minimum atomic E-state index is -3.11. The molecule has 1 amide bonds. The summed E-state index contributed by atoms with van der Waals surface area (Å²) in [6.07, 6.45) is 1.89. The van der Waals surface area contributed by atoms with E-state index in [1.54, 1.807) is 0 Å². The molecule has 5 nitrogen and oxygen atoms in total. The Labute approximate surface area is 90.9 Å². The van der Waals surface area contributed by atoms with Gasteiger partial charge in [-0.25, -0.2) is 12.7 Å². The Morgan fingerprint density at radius 3 is 2.47 bits per heavy atom. The lowest BCUT2D eigenvalue weighted by Crippen LogP contribution is -2.40. The van der Waals surface area contributed by atoms with E-state index < -0.39 is 10.0 Å². The standard InChI is InChI=1S/C9H18N2O3S/c1-7(2)9(12)10-8-4-5-11(6-8)15(3,13)14/h7-8H,4-6H2,1-3H3,(H,10,12). The maximum Gasteiger partial charge on any atom is 0.222 e. The van der Waals surface area contributed by atoms with E-state index in [0.717, 1.165) is 0 Å². The van der Waals surface area contributed by atoms with Crippen LogP contribution in [0.1, 0.15) is 20.3 Å². The Morgan fingerprint density at radius 2 is 2.07 bits per heavy atom. The van der Waals surface area contributed by atoms with E-state index in [0.29, 0.717) is 19.5 Å². The molecule has 1 unspecified atom stereocenters. The number of nitrogens with zero attached hydrogens (tertiary/aromatic N) is 1. The molecule has 0 bridgehead atoms. The van der Waals surface area contributed by atoms with Crippen molar-refractivity contribution in [1.29, 1.82) is 0 Å². The third-order valence-corrected chi connectivity index (χ3v) is 3.76. The molecule has 15 heavy (non-hydrogen) atoms. The number of hydrogen-bond donors (Lipinski definition) is 1. The zero-order valence-electron chi connectivity index (χ0n) is 9.36. The fraction of sp³-hybridized carbons (Fsp3) is 0.889. The lowest BCUT2D eigenvalue weighted by atomic mass is 10.2. The van der Waals surface area contributed by atoms with E-state index in [1.165, 1.54) is 10.6 Å². The van der Waals surface area contributed by atoms with E-state index in [9.17, 15) is 13.2 Å². The van der Waals surface area contributed by atoms with Crippen LogP contribution in [-0.2, 0) is 14.8 Å². The topological polar surface area (TPSA) is 66.5 Å². The molecule has 88 valence electrons. The van der Waals surface area contributed by atoms with Gasteiger partial charge in [0.2, 0.25) is 15.9 Å². The minimum absolute atomic E-state index is 0.0182. The van der Waals surface area contributed by atoms with Gasteiger partial charge in [-0.1, -0.05) is 13.8 Å². The highest BCUT2D eigenvalue weighted by Gasteiger charge is 2.29. The fourth-order valence-electron chi connectivity index (χ4n) is 1.52. The minimum Gasteiger partial charge on any atom is -0.352 e. The van der Waals surface area contributed by atoms with Crippen molar-refractivity contribution in [3.05, 3.63) is 0 Å². The Kier molecular flexibility index (Phi) is 3.72. The van der Waals surface area contributed by atoms with Gasteiger partial charge in [0.25, 0.3) is 0 Å². The van der Waals surface area contributed by atoms with Crippen LogP contribution in [0, 0.1) is 5.92 Å². The molecule has 1 heterocycles. The van der Waals surface area contributed by atoms with Crippen molar-refractivity contribution in [3.8, 4) is 0 Å². The summed E-state index contributed by atoms with van der Waals surface area (Å²) in [5, 5.41) is 2.84. The Morgan fingerprint density at radius 1 is 1.47 bits per heavy atom. The molecule has 1 aliphatic rings. The third kappa shape index (κ3) is 3.46. The van der Waals surface area contributed by atoms with E-state index in [-0.39, 0.29) is 17.9 Å². The second kappa shape index (κ2) is 4.49. The van der Waals surface area contributed by atoms with Crippen LogP contribution in [0.5, 0.6) is 0 Å². The monoisotopic (exact) mass is 234 g/mol. The fourth-order valence-corrected chi connectivity index (χ4v) is 2.40. The van der Waals surface area contributed by atoms with E-state index in [4.69, 9.17) is 0 Å². The molecule has 0 aromatic heterocycles. The molecule has 6 heteroatoms. The van der Waals surface area contributed by atoms with Gasteiger partial charge in [0, 0.05) is 25.0 Å². The van der Waals surface area contributed by atoms with Gasteiger partial charge >= 0.3 is 0 Å². The molecular weight excluding hydrogens is 216 g/mol. The first-order valence-corrected chi connectivity index (χ1v) is 6.91. The number of amides is 1. The number of sulfonamides is 1. The molecular formula is C9H18N2O3S. The Bertz CT molecular complexity index is 337. The molecule has 0 saturated carbocycles. The maximum absolute atomic E-state index is 11.4. The molecule has 1 aliphatic heterocycles. The molecule has 1 saturated heterocycles. The van der Waals surface area contributed by atoms with Crippen LogP contribution in [0.3, 0.4) is 0 Å². The number of rotatable bonds is 3. The van der Waals surface area contributed by atoms with Crippen molar-refractivity contribution in [1.82, 2.24) is 9.62 Å². The van der Waals surface area contributed by atoms with Gasteiger partial charge in [0.1, 0.15) is 0 Å². The molecule has 1 N–H and O–H groups in total. The molecule has 1 fully saturated rings. The molecule has 0 radical (unpaired) electrons. The quantitative estimate of drug-likeness (QED) is 0.735. The summed E-state index contributed by atoms with van der Waals surface area (Å²) in [6.45, 7) is 4.54. The van der Waals surface area contributed by atoms with Gasteiger partial charge < -0.3 is 5.32 Å².